The number of pyridine rings is 1. The normalized spacial score (nSPS) is 11.8. The van der Waals surface area contributed by atoms with E-state index in [0.717, 1.165) is 12.0 Å². The van der Waals surface area contributed by atoms with Crippen molar-refractivity contribution in [3.63, 3.8) is 0 Å². The van der Waals surface area contributed by atoms with Gasteiger partial charge in [0.1, 0.15) is 0 Å². The topological polar surface area (TPSA) is 68.0 Å². The number of hydrogen-bond acceptors (Lipinski definition) is 3. The molecule has 0 bridgehead atoms. The fourth-order valence-corrected chi connectivity index (χ4v) is 1.97. The molecule has 4 nitrogen and oxygen atoms in total. The quantitative estimate of drug-likeness (QED) is 0.831. The van der Waals surface area contributed by atoms with Crippen LogP contribution in [0.15, 0.2) is 54.9 Å². The minimum atomic E-state index is -0.532. The van der Waals surface area contributed by atoms with Crippen molar-refractivity contribution in [2.24, 2.45) is 5.73 Å². The van der Waals surface area contributed by atoms with Crippen LogP contribution in [-0.4, -0.2) is 23.5 Å². The Morgan fingerprint density at radius 2 is 1.90 bits per heavy atom. The number of nitrogens with two attached hydrogens (primary N) is 1. The number of benzene rings is 1. The number of hydrogen-bond donors (Lipinski definition) is 2. The summed E-state index contributed by atoms with van der Waals surface area (Å²) in [6.07, 6.45) is 4.75. The number of nitrogens with zero attached hydrogens (tertiary/aromatic N) is 1. The first-order chi connectivity index (χ1) is 9.75. The van der Waals surface area contributed by atoms with Gasteiger partial charge >= 0.3 is 0 Å². The lowest BCUT2D eigenvalue weighted by Crippen LogP contribution is -2.42. The number of carbonyl (C=O) groups is 1. The molecule has 3 N–H and O–H groups in total. The zero-order valence-corrected chi connectivity index (χ0v) is 11.3. The van der Waals surface area contributed by atoms with Gasteiger partial charge in [-0.05, 0) is 30.0 Å². The molecule has 104 valence electrons. The predicted octanol–water partition coefficient (Wildman–Crippen LogP) is 1.31. The van der Waals surface area contributed by atoms with Crippen LogP contribution >= 0.6 is 0 Å². The van der Waals surface area contributed by atoms with Crippen molar-refractivity contribution in [2.45, 2.75) is 18.9 Å². The Hall–Kier alpha value is -2.20. The number of rotatable bonds is 6. The predicted molar refractivity (Wildman–Crippen MR) is 79.1 cm³/mol. The minimum Gasteiger partial charge on any atom is -0.354 e. The van der Waals surface area contributed by atoms with Crippen molar-refractivity contribution in [1.82, 2.24) is 10.3 Å². The standard InChI is InChI=1S/C16H19N3O/c17-15(11-14-7-4-9-18-12-14)16(20)19-10-8-13-5-2-1-3-6-13/h1-7,9,12,15H,8,10-11,17H2,(H,19,20)/t15-/m1/s1. The van der Waals surface area contributed by atoms with Crippen molar-refractivity contribution in [3.8, 4) is 0 Å². The molecule has 0 saturated carbocycles. The Kier molecular flexibility index (Phi) is 5.26. The summed E-state index contributed by atoms with van der Waals surface area (Å²) >= 11 is 0. The minimum absolute atomic E-state index is 0.121. The van der Waals surface area contributed by atoms with Gasteiger partial charge in [-0.2, -0.15) is 0 Å². The van der Waals surface area contributed by atoms with Crippen molar-refractivity contribution in [2.75, 3.05) is 6.54 Å². The van der Waals surface area contributed by atoms with Crippen LogP contribution < -0.4 is 11.1 Å². The lowest BCUT2D eigenvalue weighted by atomic mass is 10.1. The summed E-state index contributed by atoms with van der Waals surface area (Å²) in [7, 11) is 0. The molecule has 20 heavy (non-hydrogen) atoms. The molecule has 0 spiro atoms. The molecule has 4 heteroatoms. The van der Waals surface area contributed by atoms with Gasteiger partial charge in [-0.1, -0.05) is 36.4 Å². The zero-order valence-electron chi connectivity index (χ0n) is 11.3. The fraction of sp³-hybridized carbons (Fsp3) is 0.250. The molecule has 0 aliphatic heterocycles. The average molecular weight is 269 g/mol. The summed E-state index contributed by atoms with van der Waals surface area (Å²) in [6.45, 7) is 0.601. The zero-order chi connectivity index (χ0) is 14.2. The molecule has 1 aromatic heterocycles. The fourth-order valence-electron chi connectivity index (χ4n) is 1.97. The van der Waals surface area contributed by atoms with Crippen molar-refractivity contribution < 1.29 is 4.79 Å². The lowest BCUT2D eigenvalue weighted by molar-refractivity contribution is -0.122. The van der Waals surface area contributed by atoms with Gasteiger partial charge in [0, 0.05) is 18.9 Å². The van der Waals surface area contributed by atoms with Crippen LogP contribution in [-0.2, 0) is 17.6 Å². The maximum Gasteiger partial charge on any atom is 0.237 e. The third-order valence-electron chi connectivity index (χ3n) is 3.07. The van der Waals surface area contributed by atoms with E-state index in [4.69, 9.17) is 5.73 Å². The molecule has 0 aliphatic rings. The molecule has 0 unspecified atom stereocenters. The summed E-state index contributed by atoms with van der Waals surface area (Å²) in [5.41, 5.74) is 8.06. The second-order valence-corrected chi connectivity index (χ2v) is 4.70. The van der Waals surface area contributed by atoms with E-state index < -0.39 is 6.04 Å². The van der Waals surface area contributed by atoms with E-state index in [-0.39, 0.29) is 5.91 Å². The van der Waals surface area contributed by atoms with E-state index in [1.54, 1.807) is 12.4 Å². The Morgan fingerprint density at radius 1 is 1.15 bits per heavy atom. The molecular weight excluding hydrogens is 250 g/mol. The molecule has 1 atom stereocenters. The Balaban J connectivity index is 1.74. The molecule has 0 fully saturated rings. The number of nitrogens with one attached hydrogen (secondary N) is 1. The van der Waals surface area contributed by atoms with Crippen molar-refractivity contribution in [1.29, 1.82) is 0 Å². The third-order valence-corrected chi connectivity index (χ3v) is 3.07. The van der Waals surface area contributed by atoms with Crippen LogP contribution in [0.25, 0.3) is 0 Å². The van der Waals surface area contributed by atoms with Crippen LogP contribution in [0, 0.1) is 0 Å². The largest absolute Gasteiger partial charge is 0.354 e. The Morgan fingerprint density at radius 3 is 2.60 bits per heavy atom. The second-order valence-electron chi connectivity index (χ2n) is 4.70. The summed E-state index contributed by atoms with van der Waals surface area (Å²) in [4.78, 5) is 15.9. The van der Waals surface area contributed by atoms with Crippen LogP contribution in [0.2, 0.25) is 0 Å². The summed E-state index contributed by atoms with van der Waals surface area (Å²) in [5, 5.41) is 2.87. The maximum absolute atomic E-state index is 11.9. The van der Waals surface area contributed by atoms with Gasteiger partial charge in [0.2, 0.25) is 5.91 Å². The van der Waals surface area contributed by atoms with E-state index in [1.165, 1.54) is 5.56 Å². The molecule has 1 aromatic carbocycles. The number of carbonyl (C=O) groups excluding carboxylic acids is 1. The highest BCUT2D eigenvalue weighted by Crippen LogP contribution is 2.01. The van der Waals surface area contributed by atoms with E-state index in [1.807, 2.05) is 42.5 Å². The third kappa shape index (κ3) is 4.48. The molecule has 2 aromatic rings. The highest BCUT2D eigenvalue weighted by Gasteiger charge is 2.13. The lowest BCUT2D eigenvalue weighted by Gasteiger charge is -2.12. The van der Waals surface area contributed by atoms with Gasteiger partial charge in [-0.25, -0.2) is 0 Å². The molecule has 1 amide bonds. The first-order valence-corrected chi connectivity index (χ1v) is 6.72. The van der Waals surface area contributed by atoms with E-state index in [2.05, 4.69) is 10.3 Å². The van der Waals surface area contributed by atoms with Crippen LogP contribution in [0.3, 0.4) is 0 Å². The summed E-state index contributed by atoms with van der Waals surface area (Å²) in [5.74, 6) is -0.121. The van der Waals surface area contributed by atoms with Gasteiger partial charge in [-0.15, -0.1) is 0 Å². The monoisotopic (exact) mass is 269 g/mol. The second kappa shape index (κ2) is 7.40. The molecule has 0 aliphatic carbocycles. The van der Waals surface area contributed by atoms with E-state index >= 15 is 0 Å². The SMILES string of the molecule is N[C@H](Cc1cccnc1)C(=O)NCCc1ccccc1. The van der Waals surface area contributed by atoms with Gasteiger partial charge < -0.3 is 11.1 Å². The molecule has 0 radical (unpaired) electrons. The molecule has 1 heterocycles. The Labute approximate surface area is 119 Å². The maximum atomic E-state index is 11.9. The van der Waals surface area contributed by atoms with Gasteiger partial charge in [-0.3, -0.25) is 9.78 Å². The van der Waals surface area contributed by atoms with Gasteiger partial charge in [0.05, 0.1) is 6.04 Å². The van der Waals surface area contributed by atoms with E-state index in [9.17, 15) is 4.79 Å². The molecule has 2 rings (SSSR count). The highest BCUT2D eigenvalue weighted by atomic mass is 16.2. The summed E-state index contributed by atoms with van der Waals surface area (Å²) < 4.78 is 0. The first kappa shape index (κ1) is 14.2. The summed E-state index contributed by atoms with van der Waals surface area (Å²) in [6, 6.07) is 13.3. The van der Waals surface area contributed by atoms with Crippen LogP contribution in [0.5, 0.6) is 0 Å². The van der Waals surface area contributed by atoms with Crippen molar-refractivity contribution >= 4 is 5.91 Å². The van der Waals surface area contributed by atoms with Gasteiger partial charge in [0.25, 0.3) is 0 Å². The smallest absolute Gasteiger partial charge is 0.237 e. The van der Waals surface area contributed by atoms with E-state index in [0.29, 0.717) is 13.0 Å². The van der Waals surface area contributed by atoms with Crippen LogP contribution in [0.4, 0.5) is 0 Å². The average Bonchev–Trinajstić information content (AvgIpc) is 2.49. The highest BCUT2D eigenvalue weighted by molar-refractivity contribution is 5.81. The van der Waals surface area contributed by atoms with Crippen molar-refractivity contribution in [3.05, 3.63) is 66.0 Å². The first-order valence-electron chi connectivity index (χ1n) is 6.72. The molecule has 0 saturated heterocycles. The number of aromatic nitrogens is 1. The molecular formula is C16H19N3O. The van der Waals surface area contributed by atoms with Gasteiger partial charge in [0.15, 0.2) is 0 Å². The number of amides is 1. The van der Waals surface area contributed by atoms with Crippen LogP contribution in [0.1, 0.15) is 11.1 Å². The Bertz CT molecular complexity index is 528.